The van der Waals surface area contributed by atoms with Gasteiger partial charge < -0.3 is 10.5 Å². The molecule has 0 spiro atoms. The number of rotatable bonds is 2. The zero-order valence-corrected chi connectivity index (χ0v) is 14.6. The molecule has 1 aliphatic rings. The summed E-state index contributed by atoms with van der Waals surface area (Å²) in [4.78, 5) is 0. The number of fused-ring (bicyclic) bond motifs is 1. The number of aryl methyl sites for hydroxylation is 2. The fourth-order valence-corrected chi connectivity index (χ4v) is 3.41. The van der Waals surface area contributed by atoms with Crippen molar-refractivity contribution in [1.82, 2.24) is 10.2 Å². The van der Waals surface area contributed by atoms with E-state index in [4.69, 9.17) is 10.5 Å². The standard InChI is InChI=1S/C21H18N4O/c1-12-7-9-14(10-8-12)19-18-17(15-6-4-3-5-13(15)2)16(11-22)20(23)26-21(18)25-24-19/h3-10,17H,23H2,1-2H3,(H,24,25)/t17-/m0/s1. The van der Waals surface area contributed by atoms with Gasteiger partial charge in [0.25, 0.3) is 0 Å². The van der Waals surface area contributed by atoms with Crippen LogP contribution >= 0.6 is 0 Å². The second-order valence-corrected chi connectivity index (χ2v) is 6.46. The molecule has 5 nitrogen and oxygen atoms in total. The van der Waals surface area contributed by atoms with E-state index in [0.717, 1.165) is 27.9 Å². The summed E-state index contributed by atoms with van der Waals surface area (Å²) in [6, 6.07) is 18.4. The Morgan fingerprint density at radius 1 is 1.12 bits per heavy atom. The molecule has 0 amide bonds. The molecule has 1 aromatic heterocycles. The van der Waals surface area contributed by atoms with E-state index < -0.39 is 0 Å². The van der Waals surface area contributed by atoms with E-state index in [1.54, 1.807) is 0 Å². The van der Waals surface area contributed by atoms with E-state index in [2.05, 4.69) is 16.3 Å². The molecule has 1 aliphatic heterocycles. The van der Waals surface area contributed by atoms with Crippen LogP contribution in [0.15, 0.2) is 60.0 Å². The van der Waals surface area contributed by atoms with Gasteiger partial charge in [-0.15, -0.1) is 5.10 Å². The summed E-state index contributed by atoms with van der Waals surface area (Å²) in [5, 5.41) is 17.1. The van der Waals surface area contributed by atoms with Crippen LogP contribution in [0.5, 0.6) is 5.88 Å². The number of aromatic amines is 1. The lowest BCUT2D eigenvalue weighted by molar-refractivity contribution is 0.379. The Labute approximate surface area is 151 Å². The summed E-state index contributed by atoms with van der Waals surface area (Å²) in [7, 11) is 0. The number of aromatic nitrogens is 2. The third-order valence-electron chi connectivity index (χ3n) is 4.78. The fraction of sp³-hybridized carbons (Fsp3) is 0.143. The first-order valence-corrected chi connectivity index (χ1v) is 8.38. The Morgan fingerprint density at radius 3 is 2.54 bits per heavy atom. The van der Waals surface area contributed by atoms with E-state index in [1.165, 1.54) is 5.56 Å². The SMILES string of the molecule is Cc1ccc(-c2[nH]nc3c2[C@@H](c2ccccc2C)C(C#N)=C(N)O3)cc1. The topological polar surface area (TPSA) is 87.7 Å². The van der Waals surface area contributed by atoms with Crippen LogP contribution < -0.4 is 10.5 Å². The van der Waals surface area contributed by atoms with Gasteiger partial charge in [0.15, 0.2) is 0 Å². The lowest BCUT2D eigenvalue weighted by Gasteiger charge is -2.25. The molecule has 2 aromatic carbocycles. The normalized spacial score (nSPS) is 16.0. The van der Waals surface area contributed by atoms with Crippen molar-refractivity contribution in [2.75, 3.05) is 0 Å². The van der Waals surface area contributed by atoms with Gasteiger partial charge in [0.2, 0.25) is 11.8 Å². The van der Waals surface area contributed by atoms with Gasteiger partial charge in [0.1, 0.15) is 11.6 Å². The van der Waals surface area contributed by atoms with E-state index in [1.807, 2.05) is 62.4 Å². The van der Waals surface area contributed by atoms with Crippen LogP contribution in [0, 0.1) is 25.2 Å². The molecule has 0 saturated heterocycles. The van der Waals surface area contributed by atoms with Crippen molar-refractivity contribution < 1.29 is 4.74 Å². The van der Waals surface area contributed by atoms with Gasteiger partial charge in [-0.1, -0.05) is 54.1 Å². The number of hydrogen-bond donors (Lipinski definition) is 2. The maximum Gasteiger partial charge on any atom is 0.244 e. The van der Waals surface area contributed by atoms with E-state index >= 15 is 0 Å². The number of H-pyrrole nitrogens is 1. The monoisotopic (exact) mass is 342 g/mol. The summed E-state index contributed by atoms with van der Waals surface area (Å²) in [5.41, 5.74) is 12.4. The lowest BCUT2D eigenvalue weighted by Crippen LogP contribution is -2.21. The highest BCUT2D eigenvalue weighted by molar-refractivity contribution is 5.71. The van der Waals surface area contributed by atoms with Crippen molar-refractivity contribution in [1.29, 1.82) is 5.26 Å². The zero-order chi connectivity index (χ0) is 18.3. The average Bonchev–Trinajstić information content (AvgIpc) is 3.05. The highest BCUT2D eigenvalue weighted by Crippen LogP contribution is 2.46. The second-order valence-electron chi connectivity index (χ2n) is 6.46. The van der Waals surface area contributed by atoms with Crippen LogP contribution in [-0.4, -0.2) is 10.2 Å². The van der Waals surface area contributed by atoms with Crippen molar-refractivity contribution in [3.05, 3.63) is 82.2 Å². The first-order valence-electron chi connectivity index (χ1n) is 8.38. The van der Waals surface area contributed by atoms with Crippen LogP contribution in [0.3, 0.4) is 0 Å². The average molecular weight is 342 g/mol. The molecule has 0 radical (unpaired) electrons. The molecule has 0 bridgehead atoms. The Morgan fingerprint density at radius 2 is 1.85 bits per heavy atom. The Bertz CT molecular complexity index is 1050. The molecular weight excluding hydrogens is 324 g/mol. The number of nitrogens with one attached hydrogen (secondary N) is 1. The molecule has 26 heavy (non-hydrogen) atoms. The molecule has 0 unspecified atom stereocenters. The maximum atomic E-state index is 9.75. The lowest BCUT2D eigenvalue weighted by atomic mass is 9.81. The molecular formula is C21H18N4O. The minimum absolute atomic E-state index is 0.107. The second kappa shape index (κ2) is 6.08. The van der Waals surface area contributed by atoms with Gasteiger partial charge in [-0.05, 0) is 25.0 Å². The molecule has 2 heterocycles. The molecule has 5 heteroatoms. The van der Waals surface area contributed by atoms with Crippen molar-refractivity contribution in [2.24, 2.45) is 5.73 Å². The molecule has 0 fully saturated rings. The van der Waals surface area contributed by atoms with Crippen molar-refractivity contribution >= 4 is 0 Å². The van der Waals surface area contributed by atoms with E-state index in [9.17, 15) is 5.26 Å². The number of benzene rings is 2. The minimum Gasteiger partial charge on any atom is -0.420 e. The third kappa shape index (κ3) is 2.44. The Kier molecular flexibility index (Phi) is 3.74. The molecule has 3 N–H and O–H groups in total. The predicted molar refractivity (Wildman–Crippen MR) is 99.2 cm³/mol. The molecule has 128 valence electrons. The quantitative estimate of drug-likeness (QED) is 0.739. The van der Waals surface area contributed by atoms with Crippen molar-refractivity contribution in [3.63, 3.8) is 0 Å². The highest BCUT2D eigenvalue weighted by atomic mass is 16.5. The number of nitrogens with zero attached hydrogens (tertiary/aromatic N) is 2. The van der Waals surface area contributed by atoms with Crippen LogP contribution in [0.4, 0.5) is 0 Å². The van der Waals surface area contributed by atoms with Crippen LogP contribution in [0.25, 0.3) is 11.3 Å². The minimum atomic E-state index is -0.319. The van der Waals surface area contributed by atoms with Crippen molar-refractivity contribution in [3.8, 4) is 23.2 Å². The number of allylic oxidation sites excluding steroid dienone is 1. The van der Waals surface area contributed by atoms with Gasteiger partial charge in [0, 0.05) is 5.56 Å². The van der Waals surface area contributed by atoms with Crippen LogP contribution in [-0.2, 0) is 0 Å². The Balaban J connectivity index is 1.97. The summed E-state index contributed by atoms with van der Waals surface area (Å²) in [5.74, 6) is 0.209. The summed E-state index contributed by atoms with van der Waals surface area (Å²) in [6.45, 7) is 4.07. The number of ether oxygens (including phenoxy) is 1. The van der Waals surface area contributed by atoms with E-state index in [0.29, 0.717) is 11.5 Å². The largest absolute Gasteiger partial charge is 0.420 e. The summed E-state index contributed by atoms with van der Waals surface area (Å²) >= 11 is 0. The van der Waals surface area contributed by atoms with Crippen LogP contribution in [0.2, 0.25) is 0 Å². The summed E-state index contributed by atoms with van der Waals surface area (Å²) < 4.78 is 5.65. The van der Waals surface area contributed by atoms with Crippen molar-refractivity contribution in [2.45, 2.75) is 19.8 Å². The van der Waals surface area contributed by atoms with Gasteiger partial charge in [0.05, 0.1) is 17.2 Å². The number of nitriles is 1. The molecule has 0 aliphatic carbocycles. The predicted octanol–water partition coefficient (Wildman–Crippen LogP) is 3.91. The number of hydrogen-bond acceptors (Lipinski definition) is 4. The smallest absolute Gasteiger partial charge is 0.244 e. The zero-order valence-electron chi connectivity index (χ0n) is 14.6. The first kappa shape index (κ1) is 16.0. The number of nitrogens with two attached hydrogens (primary N) is 1. The van der Waals surface area contributed by atoms with Gasteiger partial charge in [-0.25, -0.2) is 0 Å². The summed E-state index contributed by atoms with van der Waals surface area (Å²) in [6.07, 6.45) is 0. The molecule has 0 saturated carbocycles. The molecule has 4 rings (SSSR count). The van der Waals surface area contributed by atoms with Crippen LogP contribution in [0.1, 0.15) is 28.2 Å². The maximum absolute atomic E-state index is 9.75. The van der Waals surface area contributed by atoms with E-state index in [-0.39, 0.29) is 11.8 Å². The van der Waals surface area contributed by atoms with Gasteiger partial charge >= 0.3 is 0 Å². The first-order chi connectivity index (χ1) is 12.6. The third-order valence-corrected chi connectivity index (χ3v) is 4.78. The molecule has 1 atom stereocenters. The van der Waals surface area contributed by atoms with Gasteiger partial charge in [-0.2, -0.15) is 5.26 Å². The molecule has 3 aromatic rings. The fourth-order valence-electron chi connectivity index (χ4n) is 3.41. The van der Waals surface area contributed by atoms with Gasteiger partial charge in [-0.3, -0.25) is 5.10 Å². The Hall–Kier alpha value is -3.52. The highest BCUT2D eigenvalue weighted by Gasteiger charge is 2.36.